The monoisotopic (exact) mass is 361 g/mol. The topological polar surface area (TPSA) is 47.8 Å². The molecular formula is C10H6Br2FN3O. The molecule has 4 nitrogen and oxygen atoms in total. The van der Waals surface area contributed by atoms with E-state index in [0.717, 1.165) is 0 Å². The highest BCUT2D eigenvalue weighted by Crippen LogP contribution is 2.23. The van der Waals surface area contributed by atoms with Gasteiger partial charge in [-0.3, -0.25) is 4.79 Å². The minimum atomic E-state index is -0.470. The Morgan fingerprint density at radius 2 is 2.12 bits per heavy atom. The molecule has 7 heteroatoms. The summed E-state index contributed by atoms with van der Waals surface area (Å²) in [4.78, 5) is 12.2. The van der Waals surface area contributed by atoms with E-state index in [-0.39, 0.29) is 17.0 Å². The van der Waals surface area contributed by atoms with Crippen LogP contribution in [0.3, 0.4) is 0 Å². The highest BCUT2D eigenvalue weighted by atomic mass is 79.9. The SMILES string of the molecule is Cn1nnc(Br)c1C(=O)c1cc(F)ccc1Br. The molecule has 0 aliphatic carbocycles. The number of carbonyl (C=O) groups is 1. The van der Waals surface area contributed by atoms with Crippen molar-refractivity contribution in [1.82, 2.24) is 15.0 Å². The van der Waals surface area contributed by atoms with Gasteiger partial charge in [0.1, 0.15) is 11.5 Å². The molecule has 0 fully saturated rings. The summed E-state index contributed by atoms with van der Waals surface area (Å²) in [5.41, 5.74) is 0.507. The maximum absolute atomic E-state index is 13.1. The molecule has 0 aliphatic rings. The third kappa shape index (κ3) is 2.30. The smallest absolute Gasteiger partial charge is 0.215 e. The summed E-state index contributed by atoms with van der Waals surface area (Å²) in [6.45, 7) is 0. The van der Waals surface area contributed by atoms with E-state index in [9.17, 15) is 9.18 Å². The first kappa shape index (κ1) is 12.4. The number of rotatable bonds is 2. The van der Waals surface area contributed by atoms with Crippen molar-refractivity contribution in [2.75, 3.05) is 0 Å². The minimum absolute atomic E-state index is 0.233. The van der Waals surface area contributed by atoms with Crippen LogP contribution in [0.25, 0.3) is 0 Å². The van der Waals surface area contributed by atoms with Gasteiger partial charge in [0.15, 0.2) is 4.60 Å². The Balaban J connectivity index is 2.55. The molecule has 2 aromatic rings. The van der Waals surface area contributed by atoms with Crippen LogP contribution in [0.15, 0.2) is 27.3 Å². The highest BCUT2D eigenvalue weighted by molar-refractivity contribution is 9.10. The van der Waals surface area contributed by atoms with Crippen molar-refractivity contribution in [2.45, 2.75) is 0 Å². The molecule has 0 amide bonds. The Morgan fingerprint density at radius 3 is 2.71 bits per heavy atom. The Kier molecular flexibility index (Phi) is 3.39. The Morgan fingerprint density at radius 1 is 1.41 bits per heavy atom. The summed E-state index contributed by atoms with van der Waals surface area (Å²) in [5, 5.41) is 7.42. The van der Waals surface area contributed by atoms with Crippen LogP contribution in [0, 0.1) is 5.82 Å². The molecule has 1 heterocycles. The van der Waals surface area contributed by atoms with Crippen molar-refractivity contribution < 1.29 is 9.18 Å². The van der Waals surface area contributed by atoms with Gasteiger partial charge in [-0.05, 0) is 34.1 Å². The number of hydrogen-bond donors (Lipinski definition) is 0. The Bertz CT molecular complexity index is 578. The number of ketones is 1. The molecule has 0 radical (unpaired) electrons. The molecule has 0 atom stereocenters. The summed E-state index contributed by atoms with van der Waals surface area (Å²) in [6.07, 6.45) is 0. The van der Waals surface area contributed by atoms with E-state index in [1.165, 1.54) is 22.9 Å². The number of benzene rings is 1. The third-order valence-electron chi connectivity index (χ3n) is 2.17. The second-order valence-electron chi connectivity index (χ2n) is 3.31. The van der Waals surface area contributed by atoms with E-state index in [4.69, 9.17) is 0 Å². The van der Waals surface area contributed by atoms with Crippen molar-refractivity contribution in [2.24, 2.45) is 7.05 Å². The van der Waals surface area contributed by atoms with Gasteiger partial charge in [-0.25, -0.2) is 9.07 Å². The fourth-order valence-corrected chi connectivity index (χ4v) is 2.31. The summed E-state index contributed by atoms with van der Waals surface area (Å²) < 4.78 is 15.3. The van der Waals surface area contributed by atoms with Crippen LogP contribution in [0.2, 0.25) is 0 Å². The molecule has 0 saturated carbocycles. The summed E-state index contributed by atoms with van der Waals surface area (Å²) in [7, 11) is 1.60. The average Bonchev–Trinajstić information content (AvgIpc) is 2.61. The second-order valence-corrected chi connectivity index (χ2v) is 4.91. The van der Waals surface area contributed by atoms with E-state index in [1.807, 2.05) is 0 Å². The van der Waals surface area contributed by atoms with E-state index < -0.39 is 5.82 Å². The normalized spacial score (nSPS) is 10.6. The second kappa shape index (κ2) is 4.66. The first-order chi connectivity index (χ1) is 8.00. The Hall–Kier alpha value is -1.08. The molecule has 0 unspecified atom stereocenters. The standard InChI is InChI=1S/C10H6Br2FN3O/c1-16-8(10(12)14-15-16)9(17)6-4-5(13)2-3-7(6)11/h2-4H,1H3. The fourth-order valence-electron chi connectivity index (χ4n) is 1.37. The molecule has 88 valence electrons. The summed E-state index contributed by atoms with van der Waals surface area (Å²) in [5.74, 6) is -0.821. The fraction of sp³-hybridized carbons (Fsp3) is 0.100. The molecule has 0 spiro atoms. The van der Waals surface area contributed by atoms with E-state index >= 15 is 0 Å². The van der Waals surface area contributed by atoms with Crippen molar-refractivity contribution in [3.8, 4) is 0 Å². The average molecular weight is 363 g/mol. The first-order valence-electron chi connectivity index (χ1n) is 4.55. The van der Waals surface area contributed by atoms with Gasteiger partial charge in [-0.15, -0.1) is 5.10 Å². The molecular weight excluding hydrogens is 357 g/mol. The zero-order valence-corrected chi connectivity index (χ0v) is 11.8. The van der Waals surface area contributed by atoms with Crippen LogP contribution in [0.4, 0.5) is 4.39 Å². The van der Waals surface area contributed by atoms with Crippen LogP contribution in [-0.4, -0.2) is 20.8 Å². The van der Waals surface area contributed by atoms with Gasteiger partial charge in [-0.1, -0.05) is 21.1 Å². The summed E-state index contributed by atoms with van der Waals surface area (Å²) in [6, 6.07) is 3.93. The van der Waals surface area contributed by atoms with Crippen molar-refractivity contribution in [3.63, 3.8) is 0 Å². The number of halogens is 3. The van der Waals surface area contributed by atoms with Gasteiger partial charge in [0.2, 0.25) is 5.78 Å². The molecule has 0 aliphatic heterocycles. The molecule has 0 saturated heterocycles. The number of hydrogen-bond acceptors (Lipinski definition) is 3. The summed E-state index contributed by atoms with van der Waals surface area (Å²) >= 11 is 6.35. The van der Waals surface area contributed by atoms with Crippen LogP contribution in [0.1, 0.15) is 16.1 Å². The van der Waals surface area contributed by atoms with Crippen molar-refractivity contribution in [1.29, 1.82) is 0 Å². The van der Waals surface area contributed by atoms with Gasteiger partial charge in [0.05, 0.1) is 0 Å². The van der Waals surface area contributed by atoms with Crippen molar-refractivity contribution in [3.05, 3.63) is 44.3 Å². The number of carbonyl (C=O) groups excluding carboxylic acids is 1. The maximum atomic E-state index is 13.1. The van der Waals surface area contributed by atoms with Crippen LogP contribution in [-0.2, 0) is 7.05 Å². The number of aromatic nitrogens is 3. The number of aryl methyl sites for hydroxylation is 1. The minimum Gasteiger partial charge on any atom is -0.287 e. The third-order valence-corrected chi connectivity index (χ3v) is 3.40. The lowest BCUT2D eigenvalue weighted by atomic mass is 10.1. The van der Waals surface area contributed by atoms with Gasteiger partial charge in [0, 0.05) is 17.1 Å². The van der Waals surface area contributed by atoms with Gasteiger partial charge in [-0.2, -0.15) is 0 Å². The van der Waals surface area contributed by atoms with Gasteiger partial charge >= 0.3 is 0 Å². The van der Waals surface area contributed by atoms with Crippen LogP contribution >= 0.6 is 31.9 Å². The number of nitrogens with zero attached hydrogens (tertiary/aromatic N) is 3. The van der Waals surface area contributed by atoms with Crippen LogP contribution in [0.5, 0.6) is 0 Å². The molecule has 0 bridgehead atoms. The van der Waals surface area contributed by atoms with Gasteiger partial charge in [0.25, 0.3) is 0 Å². The molecule has 2 rings (SSSR count). The largest absolute Gasteiger partial charge is 0.287 e. The molecule has 17 heavy (non-hydrogen) atoms. The highest BCUT2D eigenvalue weighted by Gasteiger charge is 2.21. The van der Waals surface area contributed by atoms with Gasteiger partial charge < -0.3 is 0 Å². The van der Waals surface area contributed by atoms with E-state index in [2.05, 4.69) is 42.2 Å². The molecule has 1 aromatic heterocycles. The van der Waals surface area contributed by atoms with E-state index in [1.54, 1.807) is 7.05 Å². The van der Waals surface area contributed by atoms with E-state index in [0.29, 0.717) is 9.08 Å². The van der Waals surface area contributed by atoms with Crippen LogP contribution < -0.4 is 0 Å². The van der Waals surface area contributed by atoms with Crippen molar-refractivity contribution >= 4 is 37.6 Å². The molecule has 0 N–H and O–H groups in total. The molecule has 1 aromatic carbocycles. The predicted molar refractivity (Wildman–Crippen MR) is 66.2 cm³/mol. The quantitative estimate of drug-likeness (QED) is 0.772. The first-order valence-corrected chi connectivity index (χ1v) is 6.14. The lowest BCUT2D eigenvalue weighted by molar-refractivity contribution is 0.102. The maximum Gasteiger partial charge on any atom is 0.215 e. The zero-order chi connectivity index (χ0) is 12.6. The predicted octanol–water partition coefficient (Wildman–Crippen LogP) is 2.71. The lowest BCUT2D eigenvalue weighted by Crippen LogP contribution is -2.10. The lowest BCUT2D eigenvalue weighted by Gasteiger charge is -2.04. The Labute approximate surface area is 113 Å². The zero-order valence-electron chi connectivity index (χ0n) is 8.62.